The number of hydrogen-bond donors (Lipinski definition) is 3. The van der Waals surface area contributed by atoms with Crippen LogP contribution in [0.5, 0.6) is 0 Å². The van der Waals surface area contributed by atoms with Crippen LogP contribution in [0.3, 0.4) is 0 Å². The fourth-order valence-corrected chi connectivity index (χ4v) is 5.45. The van der Waals surface area contributed by atoms with E-state index in [9.17, 15) is 19.1 Å². The van der Waals surface area contributed by atoms with Gasteiger partial charge in [-0.25, -0.2) is 4.39 Å². The number of halogens is 1. The molecule has 0 spiro atoms. The molecule has 2 aromatic rings. The zero-order chi connectivity index (χ0) is 28.3. The lowest BCUT2D eigenvalue weighted by Gasteiger charge is -2.44. The minimum Gasteiger partial charge on any atom is -0.391 e. The minimum absolute atomic E-state index is 0.0828. The number of amides is 2. The average Bonchev–Trinajstić information content (AvgIpc) is 2.95. The van der Waals surface area contributed by atoms with Crippen LogP contribution < -0.4 is 11.1 Å². The largest absolute Gasteiger partial charge is 0.391 e. The summed E-state index contributed by atoms with van der Waals surface area (Å²) in [6, 6.07) is 16.2. The van der Waals surface area contributed by atoms with Gasteiger partial charge in [-0.2, -0.15) is 0 Å². The number of aliphatic hydroxyl groups excluding tert-OH is 1. The fraction of sp³-hybridized carbons (Fsp3) is 0.438. The second-order valence-electron chi connectivity index (χ2n) is 10.4. The van der Waals surface area contributed by atoms with Crippen molar-refractivity contribution in [2.45, 2.75) is 52.1 Å². The monoisotopic (exact) mass is 535 g/mol. The molecule has 210 valence electrons. The highest BCUT2D eigenvalue weighted by Crippen LogP contribution is 2.44. The highest BCUT2D eigenvalue weighted by Gasteiger charge is 2.49. The normalized spacial score (nSPS) is 18.3. The van der Waals surface area contributed by atoms with Gasteiger partial charge in [0.1, 0.15) is 5.82 Å². The van der Waals surface area contributed by atoms with Gasteiger partial charge in [0.15, 0.2) is 0 Å². The quantitative estimate of drug-likeness (QED) is 0.298. The zero-order valence-electron chi connectivity index (χ0n) is 23.1. The number of rotatable bonds is 15. The summed E-state index contributed by atoms with van der Waals surface area (Å²) in [7, 11) is 0. The van der Waals surface area contributed by atoms with E-state index >= 15 is 0 Å². The number of primary amides is 1. The van der Waals surface area contributed by atoms with E-state index in [0.29, 0.717) is 38.0 Å². The first-order chi connectivity index (χ1) is 18.8. The molecule has 0 saturated carbocycles. The maximum absolute atomic E-state index is 14.4. The van der Waals surface area contributed by atoms with Crippen molar-refractivity contribution in [1.29, 1.82) is 0 Å². The molecule has 2 amide bonds. The van der Waals surface area contributed by atoms with E-state index < -0.39 is 23.3 Å². The van der Waals surface area contributed by atoms with Gasteiger partial charge in [-0.15, -0.1) is 0 Å². The maximum Gasteiger partial charge on any atom is 0.244 e. The lowest BCUT2D eigenvalue weighted by molar-refractivity contribution is -0.145. The summed E-state index contributed by atoms with van der Waals surface area (Å²) in [5.74, 6) is -1.42. The Kier molecular flexibility index (Phi) is 11.4. The summed E-state index contributed by atoms with van der Waals surface area (Å²) >= 11 is 0. The van der Waals surface area contributed by atoms with Crippen LogP contribution >= 0.6 is 0 Å². The average molecular weight is 536 g/mol. The van der Waals surface area contributed by atoms with Crippen molar-refractivity contribution in [3.63, 3.8) is 0 Å². The van der Waals surface area contributed by atoms with Crippen molar-refractivity contribution >= 4 is 11.8 Å². The number of nitrogens with one attached hydrogen (secondary N) is 1. The predicted molar refractivity (Wildman–Crippen MR) is 153 cm³/mol. The van der Waals surface area contributed by atoms with E-state index in [2.05, 4.69) is 5.32 Å². The smallest absolute Gasteiger partial charge is 0.244 e. The Hall–Kier alpha value is -3.29. The number of aliphatic hydroxyl groups is 1. The van der Waals surface area contributed by atoms with Gasteiger partial charge in [-0.3, -0.25) is 9.59 Å². The van der Waals surface area contributed by atoms with Gasteiger partial charge in [0.05, 0.1) is 11.5 Å². The molecule has 1 aliphatic carbocycles. The van der Waals surface area contributed by atoms with E-state index in [1.54, 1.807) is 24.3 Å². The third-order valence-electron chi connectivity index (χ3n) is 7.44. The van der Waals surface area contributed by atoms with Crippen LogP contribution in [0, 0.1) is 17.2 Å². The maximum atomic E-state index is 14.4. The second kappa shape index (κ2) is 14.8. The summed E-state index contributed by atoms with van der Waals surface area (Å²) in [5, 5.41) is 15.0. The molecule has 0 heterocycles. The number of hydrogen-bond acceptors (Lipinski definition) is 4. The standard InChI is InChI=1S/C32H42FN3O3/c1-3-19-36(20-4-2)31(39)32(17-8-11-26(22-32)30(34)38)28(21-25-9-6-5-7-10-25)29(37)23-35-18-16-24-12-14-27(33)15-13-24/h5-15,17,28-29,35,37H,3-4,16,18-23H2,1-2H3,(H2,34,38)/t28-,29+,32?/m1/s1. The van der Waals surface area contributed by atoms with E-state index in [-0.39, 0.29) is 24.7 Å². The van der Waals surface area contributed by atoms with Crippen LogP contribution in [0.1, 0.15) is 44.2 Å². The number of nitrogens with zero attached hydrogens (tertiary/aromatic N) is 1. The summed E-state index contributed by atoms with van der Waals surface area (Å²) in [6.45, 7) is 6.12. The van der Waals surface area contributed by atoms with E-state index in [1.807, 2.05) is 55.2 Å². The zero-order valence-corrected chi connectivity index (χ0v) is 23.1. The minimum atomic E-state index is -1.13. The first-order valence-corrected chi connectivity index (χ1v) is 14.0. The van der Waals surface area contributed by atoms with Gasteiger partial charge in [-0.1, -0.05) is 74.5 Å². The van der Waals surface area contributed by atoms with Gasteiger partial charge in [0.25, 0.3) is 0 Å². The van der Waals surface area contributed by atoms with Gasteiger partial charge in [0.2, 0.25) is 11.8 Å². The number of nitrogens with two attached hydrogens (primary N) is 1. The topological polar surface area (TPSA) is 95.7 Å². The summed E-state index contributed by atoms with van der Waals surface area (Å²) < 4.78 is 13.2. The third-order valence-corrected chi connectivity index (χ3v) is 7.44. The van der Waals surface area contributed by atoms with Crippen molar-refractivity contribution in [3.05, 3.63) is 95.3 Å². The first-order valence-electron chi connectivity index (χ1n) is 14.0. The molecule has 0 radical (unpaired) electrons. The number of carbonyl (C=O) groups is 2. The first kappa shape index (κ1) is 30.3. The summed E-state index contributed by atoms with van der Waals surface area (Å²) in [5.41, 5.74) is 6.96. The summed E-state index contributed by atoms with van der Waals surface area (Å²) in [4.78, 5) is 28.5. The molecule has 0 fully saturated rings. The predicted octanol–water partition coefficient (Wildman–Crippen LogP) is 4.18. The molecule has 4 N–H and O–H groups in total. The molecule has 0 aliphatic heterocycles. The molecule has 1 unspecified atom stereocenters. The van der Waals surface area contributed by atoms with Gasteiger partial charge in [0, 0.05) is 31.1 Å². The number of benzene rings is 2. The molecule has 3 rings (SSSR count). The van der Waals surface area contributed by atoms with Crippen LogP contribution in [0.15, 0.2) is 78.4 Å². The third kappa shape index (κ3) is 8.10. The van der Waals surface area contributed by atoms with Gasteiger partial charge in [-0.05, 0) is 61.9 Å². The lowest BCUT2D eigenvalue weighted by Crippen LogP contribution is -2.54. The van der Waals surface area contributed by atoms with E-state index in [0.717, 1.165) is 24.0 Å². The van der Waals surface area contributed by atoms with E-state index in [1.165, 1.54) is 12.1 Å². The van der Waals surface area contributed by atoms with Crippen molar-refractivity contribution in [1.82, 2.24) is 10.2 Å². The second-order valence-corrected chi connectivity index (χ2v) is 10.4. The molecule has 0 bridgehead atoms. The Balaban J connectivity index is 1.92. The Morgan fingerprint density at radius 3 is 2.33 bits per heavy atom. The Bertz CT molecular complexity index is 1130. The van der Waals surface area contributed by atoms with E-state index in [4.69, 9.17) is 5.73 Å². The van der Waals surface area contributed by atoms with Gasteiger partial charge >= 0.3 is 0 Å². The molecule has 0 saturated heterocycles. The summed E-state index contributed by atoms with van der Waals surface area (Å²) in [6.07, 6.45) is 7.29. The molecular formula is C32H42FN3O3. The molecule has 3 atom stereocenters. The Morgan fingerprint density at radius 2 is 1.72 bits per heavy atom. The fourth-order valence-electron chi connectivity index (χ4n) is 5.45. The molecule has 6 nitrogen and oxygen atoms in total. The molecule has 1 aliphatic rings. The van der Waals surface area contributed by atoms with Crippen LogP contribution in [-0.4, -0.2) is 54.1 Å². The van der Waals surface area contributed by atoms with Crippen LogP contribution in [0.25, 0.3) is 0 Å². The van der Waals surface area contributed by atoms with Crippen LogP contribution in [-0.2, 0) is 22.4 Å². The molecule has 39 heavy (non-hydrogen) atoms. The Morgan fingerprint density at radius 1 is 1.05 bits per heavy atom. The van der Waals surface area contributed by atoms with Crippen LogP contribution in [0.2, 0.25) is 0 Å². The Labute approximate surface area is 231 Å². The highest BCUT2D eigenvalue weighted by atomic mass is 19.1. The van der Waals surface area contributed by atoms with Gasteiger partial charge < -0.3 is 21.1 Å². The number of carbonyl (C=O) groups excluding carboxylic acids is 2. The van der Waals surface area contributed by atoms with Crippen molar-refractivity contribution < 1.29 is 19.1 Å². The highest BCUT2D eigenvalue weighted by molar-refractivity contribution is 5.95. The molecule has 2 aromatic carbocycles. The SMILES string of the molecule is CCCN(CCC)C(=O)C1([C@H](Cc2ccccc2)[C@@H](O)CNCCc2ccc(F)cc2)C=CC=C(C(N)=O)C1. The molecule has 7 heteroatoms. The van der Waals surface area contributed by atoms with Crippen LogP contribution in [0.4, 0.5) is 4.39 Å². The molecule has 0 aromatic heterocycles. The van der Waals surface area contributed by atoms with Crippen molar-refractivity contribution in [2.75, 3.05) is 26.2 Å². The van der Waals surface area contributed by atoms with Crippen molar-refractivity contribution in [2.24, 2.45) is 17.1 Å². The lowest BCUT2D eigenvalue weighted by atomic mass is 9.64. The number of allylic oxidation sites excluding steroid dienone is 2. The molecular weight excluding hydrogens is 493 g/mol. The van der Waals surface area contributed by atoms with Crippen molar-refractivity contribution in [3.8, 4) is 0 Å².